The predicted octanol–water partition coefficient (Wildman–Crippen LogP) is 3.11. The van der Waals surface area contributed by atoms with Crippen LogP contribution in [0.15, 0.2) is 42.5 Å². The molecule has 0 spiro atoms. The number of carbonyl (C=O) groups is 3. The van der Waals surface area contributed by atoms with E-state index >= 15 is 0 Å². The van der Waals surface area contributed by atoms with Crippen LogP contribution in [0.5, 0.6) is 11.5 Å². The van der Waals surface area contributed by atoms with Crippen LogP contribution in [0.25, 0.3) is 0 Å². The van der Waals surface area contributed by atoms with E-state index in [1.54, 1.807) is 0 Å². The number of hydrogen-bond acceptors (Lipinski definition) is 6. The first-order chi connectivity index (χ1) is 11.7. The van der Waals surface area contributed by atoms with Gasteiger partial charge in [0, 0.05) is 23.6 Å². The first-order valence-corrected chi connectivity index (χ1v) is 7.41. The molecule has 1 rings (SSSR count). The Labute approximate surface area is 144 Å². The summed E-state index contributed by atoms with van der Waals surface area (Å²) in [5.74, 6) is -3.09. The summed E-state index contributed by atoms with van der Waals surface area (Å²) >= 11 is 0. The maximum atomic E-state index is 13.9. The van der Waals surface area contributed by atoms with Crippen molar-refractivity contribution < 1.29 is 33.0 Å². The molecular weight excluding hydrogens is 331 g/mol. The van der Waals surface area contributed by atoms with Gasteiger partial charge in [0.1, 0.15) is 5.75 Å². The molecule has 6 nitrogen and oxygen atoms in total. The van der Waals surface area contributed by atoms with Crippen molar-refractivity contribution in [3.63, 3.8) is 0 Å². The van der Waals surface area contributed by atoms with Crippen LogP contribution in [0, 0.1) is 5.82 Å². The third-order valence-corrected chi connectivity index (χ3v) is 2.79. The van der Waals surface area contributed by atoms with Crippen molar-refractivity contribution in [3.8, 4) is 11.5 Å². The molecule has 1 aromatic carbocycles. The second-order valence-corrected chi connectivity index (χ2v) is 5.26. The zero-order valence-electron chi connectivity index (χ0n) is 14.1. The fraction of sp³-hybridized carbons (Fsp3) is 0.278. The van der Waals surface area contributed by atoms with Crippen LogP contribution < -0.4 is 9.47 Å². The minimum atomic E-state index is -0.853. The Hall–Kier alpha value is -2.96. The fourth-order valence-electron chi connectivity index (χ4n) is 1.50. The van der Waals surface area contributed by atoms with Gasteiger partial charge in [0.05, 0.1) is 6.61 Å². The zero-order valence-corrected chi connectivity index (χ0v) is 14.1. The molecule has 7 heteroatoms. The summed E-state index contributed by atoms with van der Waals surface area (Å²) in [7, 11) is 0. The van der Waals surface area contributed by atoms with Gasteiger partial charge in [-0.3, -0.25) is 4.79 Å². The number of rotatable bonds is 8. The van der Waals surface area contributed by atoms with Gasteiger partial charge in [0.15, 0.2) is 11.6 Å². The highest BCUT2D eigenvalue weighted by Gasteiger charge is 2.13. The average Bonchev–Trinajstić information content (AvgIpc) is 2.53. The van der Waals surface area contributed by atoms with E-state index in [4.69, 9.17) is 14.2 Å². The van der Waals surface area contributed by atoms with E-state index in [0.717, 1.165) is 6.07 Å². The van der Waals surface area contributed by atoms with Crippen LogP contribution >= 0.6 is 0 Å². The van der Waals surface area contributed by atoms with Crippen LogP contribution in [0.2, 0.25) is 0 Å². The number of ether oxygens (including phenoxy) is 3. The van der Waals surface area contributed by atoms with Gasteiger partial charge in [-0.25, -0.2) is 14.0 Å². The fourth-order valence-corrected chi connectivity index (χ4v) is 1.50. The number of esters is 3. The monoisotopic (exact) mass is 350 g/mol. The Morgan fingerprint density at radius 1 is 1.04 bits per heavy atom. The van der Waals surface area contributed by atoms with Gasteiger partial charge in [-0.2, -0.15) is 0 Å². The van der Waals surface area contributed by atoms with Crippen LogP contribution in [0.3, 0.4) is 0 Å². The molecule has 134 valence electrons. The summed E-state index contributed by atoms with van der Waals surface area (Å²) in [4.78, 5) is 34.1. The van der Waals surface area contributed by atoms with E-state index in [0.29, 0.717) is 0 Å². The minimum Gasteiger partial charge on any atom is -0.462 e. The molecule has 0 N–H and O–H groups in total. The van der Waals surface area contributed by atoms with Crippen molar-refractivity contribution >= 4 is 17.9 Å². The van der Waals surface area contributed by atoms with Crippen LogP contribution in [-0.2, 0) is 19.1 Å². The van der Waals surface area contributed by atoms with Crippen molar-refractivity contribution in [2.24, 2.45) is 0 Å². The first kappa shape index (κ1) is 20.1. The zero-order chi connectivity index (χ0) is 19.0. The lowest BCUT2D eigenvalue weighted by atomic mass is 10.3. The Balaban J connectivity index is 2.49. The molecular formula is C18H19FO6. The third kappa shape index (κ3) is 6.99. The lowest BCUT2D eigenvalue weighted by Crippen LogP contribution is -2.12. The molecule has 0 radical (unpaired) electrons. The summed E-state index contributed by atoms with van der Waals surface area (Å²) in [6.07, 6.45) is 0.170. The standard InChI is InChI=1S/C18H19FO6/c1-11(2)17(21)23-9-5-6-16(20)25-15-8-7-13(10-14(15)19)24-18(22)12(3)4/h7-8,10H,1,3,5-6,9H2,2,4H3. The van der Waals surface area contributed by atoms with Gasteiger partial charge < -0.3 is 14.2 Å². The first-order valence-electron chi connectivity index (χ1n) is 7.41. The predicted molar refractivity (Wildman–Crippen MR) is 87.5 cm³/mol. The van der Waals surface area contributed by atoms with E-state index in [2.05, 4.69) is 13.2 Å². The second kappa shape index (κ2) is 9.36. The maximum absolute atomic E-state index is 13.9. The van der Waals surface area contributed by atoms with Gasteiger partial charge >= 0.3 is 17.9 Å². The molecule has 0 aromatic heterocycles. The Morgan fingerprint density at radius 2 is 1.68 bits per heavy atom. The molecule has 25 heavy (non-hydrogen) atoms. The largest absolute Gasteiger partial charge is 0.462 e. The number of benzene rings is 1. The van der Waals surface area contributed by atoms with E-state index in [1.165, 1.54) is 26.0 Å². The van der Waals surface area contributed by atoms with Crippen molar-refractivity contribution in [2.75, 3.05) is 6.61 Å². The summed E-state index contributed by atoms with van der Waals surface area (Å²) in [6.45, 7) is 9.84. The lowest BCUT2D eigenvalue weighted by Gasteiger charge is -2.08. The van der Waals surface area contributed by atoms with Crippen LogP contribution in [0.1, 0.15) is 26.7 Å². The van der Waals surface area contributed by atoms with E-state index in [1.807, 2.05) is 0 Å². The van der Waals surface area contributed by atoms with Crippen molar-refractivity contribution in [3.05, 3.63) is 48.3 Å². The molecule has 0 amide bonds. The van der Waals surface area contributed by atoms with Gasteiger partial charge in [0.25, 0.3) is 0 Å². The molecule has 0 saturated heterocycles. The summed E-state index contributed by atoms with van der Waals surface area (Å²) in [6, 6.07) is 3.40. The van der Waals surface area contributed by atoms with Crippen LogP contribution in [-0.4, -0.2) is 24.5 Å². The molecule has 0 unspecified atom stereocenters. The van der Waals surface area contributed by atoms with E-state index in [-0.39, 0.29) is 42.1 Å². The average molecular weight is 350 g/mol. The Bertz CT molecular complexity index is 708. The molecule has 1 aromatic rings. The number of hydrogen-bond donors (Lipinski definition) is 0. The Morgan fingerprint density at radius 3 is 2.24 bits per heavy atom. The molecule has 0 saturated carbocycles. The van der Waals surface area contributed by atoms with Gasteiger partial charge in [-0.15, -0.1) is 0 Å². The smallest absolute Gasteiger partial charge is 0.338 e. The van der Waals surface area contributed by atoms with Crippen LogP contribution in [0.4, 0.5) is 4.39 Å². The Kier molecular flexibility index (Phi) is 7.52. The minimum absolute atomic E-state index is 0.0269. The van der Waals surface area contributed by atoms with Gasteiger partial charge in [-0.05, 0) is 32.4 Å². The highest BCUT2D eigenvalue weighted by molar-refractivity contribution is 5.88. The summed E-state index contributed by atoms with van der Waals surface area (Å²) < 4.78 is 28.4. The van der Waals surface area contributed by atoms with E-state index in [9.17, 15) is 18.8 Å². The maximum Gasteiger partial charge on any atom is 0.338 e. The molecule has 0 aliphatic heterocycles. The number of carbonyl (C=O) groups excluding carboxylic acids is 3. The highest BCUT2D eigenvalue weighted by Crippen LogP contribution is 2.23. The summed E-state index contributed by atoms with van der Waals surface area (Å²) in [5.41, 5.74) is 0.431. The van der Waals surface area contributed by atoms with E-state index < -0.39 is 23.7 Å². The number of halogens is 1. The summed E-state index contributed by atoms with van der Waals surface area (Å²) in [5, 5.41) is 0. The molecule has 0 aliphatic carbocycles. The topological polar surface area (TPSA) is 78.9 Å². The molecule has 0 aliphatic rings. The third-order valence-electron chi connectivity index (χ3n) is 2.79. The van der Waals surface area contributed by atoms with Crippen molar-refractivity contribution in [2.45, 2.75) is 26.7 Å². The highest BCUT2D eigenvalue weighted by atomic mass is 19.1. The van der Waals surface area contributed by atoms with Crippen molar-refractivity contribution in [1.82, 2.24) is 0 Å². The molecule has 0 atom stereocenters. The van der Waals surface area contributed by atoms with Gasteiger partial charge in [-0.1, -0.05) is 13.2 Å². The molecule has 0 heterocycles. The second-order valence-electron chi connectivity index (χ2n) is 5.26. The molecule has 0 fully saturated rings. The lowest BCUT2D eigenvalue weighted by molar-refractivity contribution is -0.141. The normalized spacial score (nSPS) is 9.88. The van der Waals surface area contributed by atoms with Gasteiger partial charge in [0.2, 0.25) is 0 Å². The SMILES string of the molecule is C=C(C)C(=O)OCCCC(=O)Oc1ccc(OC(=O)C(=C)C)cc1F. The quantitative estimate of drug-likeness (QED) is 0.310. The van der Waals surface area contributed by atoms with Crippen molar-refractivity contribution in [1.29, 1.82) is 0 Å². The molecule has 0 bridgehead atoms.